The van der Waals surface area contributed by atoms with Gasteiger partial charge >= 0.3 is 0 Å². The number of nitrogens with two attached hydrogens (primary N) is 1. The molecule has 0 spiro atoms. The van der Waals surface area contributed by atoms with Crippen LogP contribution in [0.3, 0.4) is 0 Å². The molecule has 0 saturated carbocycles. The van der Waals surface area contributed by atoms with E-state index in [-0.39, 0.29) is 12.4 Å². The van der Waals surface area contributed by atoms with Crippen LogP contribution in [-0.4, -0.2) is 5.78 Å². The smallest absolute Gasteiger partial charge is 0.162 e. The molecule has 0 saturated heterocycles. The van der Waals surface area contributed by atoms with Crippen LogP contribution >= 0.6 is 23.2 Å². The number of ketones is 1. The van der Waals surface area contributed by atoms with Crippen LogP contribution in [-0.2, 0) is 6.61 Å². The van der Waals surface area contributed by atoms with E-state index in [1.807, 2.05) is 6.92 Å². The molecule has 0 bridgehead atoms. The fourth-order valence-corrected chi connectivity index (χ4v) is 2.38. The Kier molecular flexibility index (Phi) is 5.10. The van der Waals surface area contributed by atoms with Crippen LogP contribution in [0.25, 0.3) is 0 Å². The van der Waals surface area contributed by atoms with Crippen molar-refractivity contribution >= 4 is 34.7 Å². The van der Waals surface area contributed by atoms with Gasteiger partial charge in [0.25, 0.3) is 0 Å². The highest BCUT2D eigenvalue weighted by Gasteiger charge is 2.10. The predicted octanol–water partition coefficient (Wildman–Crippen LogP) is 4.75. The lowest BCUT2D eigenvalue weighted by Crippen LogP contribution is -2.03. The molecule has 2 N–H and O–H groups in total. The van der Waals surface area contributed by atoms with Gasteiger partial charge < -0.3 is 10.5 Å². The third kappa shape index (κ3) is 3.69. The Bertz CT molecular complexity index is 651. The lowest BCUT2D eigenvalue weighted by molar-refractivity contribution is 0.0988. The zero-order valence-corrected chi connectivity index (χ0v) is 13.0. The number of halogens is 2. The molecule has 0 aromatic heterocycles. The molecule has 21 heavy (non-hydrogen) atoms. The summed E-state index contributed by atoms with van der Waals surface area (Å²) in [7, 11) is 0. The summed E-state index contributed by atoms with van der Waals surface area (Å²) in [6, 6.07) is 10.3. The molecule has 2 aromatic carbocycles. The molecule has 0 fully saturated rings. The first kappa shape index (κ1) is 15.7. The number of benzene rings is 2. The number of hydrogen-bond donors (Lipinski definition) is 1. The molecular weight excluding hydrogens is 309 g/mol. The molecule has 3 nitrogen and oxygen atoms in total. The number of rotatable bonds is 5. The average molecular weight is 324 g/mol. The maximum atomic E-state index is 11.6. The molecule has 0 aliphatic rings. The van der Waals surface area contributed by atoms with Gasteiger partial charge in [0.1, 0.15) is 12.4 Å². The SMILES string of the molecule is CCC(=O)c1ccc(OCc2c(Cl)cccc2Cl)c(N)c1. The maximum absolute atomic E-state index is 11.6. The molecule has 0 atom stereocenters. The zero-order chi connectivity index (χ0) is 15.4. The van der Waals surface area contributed by atoms with Crippen molar-refractivity contribution < 1.29 is 9.53 Å². The second kappa shape index (κ2) is 6.83. The lowest BCUT2D eigenvalue weighted by atomic mass is 10.1. The average Bonchev–Trinajstić information content (AvgIpc) is 2.47. The Hall–Kier alpha value is -1.71. The van der Waals surface area contributed by atoms with Crippen LogP contribution in [0.15, 0.2) is 36.4 Å². The van der Waals surface area contributed by atoms with Gasteiger partial charge in [0.15, 0.2) is 5.78 Å². The molecule has 0 aliphatic carbocycles. The van der Waals surface area contributed by atoms with Gasteiger partial charge in [0.2, 0.25) is 0 Å². The summed E-state index contributed by atoms with van der Waals surface area (Å²) >= 11 is 12.2. The van der Waals surface area contributed by atoms with Crippen molar-refractivity contribution in [2.24, 2.45) is 0 Å². The van der Waals surface area contributed by atoms with Crippen molar-refractivity contribution in [3.8, 4) is 5.75 Å². The minimum Gasteiger partial charge on any atom is -0.487 e. The van der Waals surface area contributed by atoms with Gasteiger partial charge in [-0.15, -0.1) is 0 Å². The summed E-state index contributed by atoms with van der Waals surface area (Å²) in [5.74, 6) is 0.543. The molecule has 110 valence electrons. The highest BCUT2D eigenvalue weighted by atomic mass is 35.5. The standard InChI is InChI=1S/C16H15Cl2NO2/c1-2-15(20)10-6-7-16(14(19)8-10)21-9-11-12(17)4-3-5-13(11)18/h3-8H,2,9,19H2,1H3. The number of carbonyl (C=O) groups excluding carboxylic acids is 1. The Balaban J connectivity index is 2.16. The normalized spacial score (nSPS) is 10.4. The summed E-state index contributed by atoms with van der Waals surface area (Å²) in [5.41, 5.74) is 7.61. The number of nitrogen functional groups attached to an aromatic ring is 1. The topological polar surface area (TPSA) is 52.3 Å². The van der Waals surface area contributed by atoms with Crippen LogP contribution in [0.1, 0.15) is 29.3 Å². The Morgan fingerprint density at radius 1 is 1.19 bits per heavy atom. The second-order valence-corrected chi connectivity index (χ2v) is 5.33. The molecule has 5 heteroatoms. The van der Waals surface area contributed by atoms with Gasteiger partial charge in [0.05, 0.1) is 5.69 Å². The number of hydrogen-bond acceptors (Lipinski definition) is 3. The van der Waals surface area contributed by atoms with Crippen molar-refractivity contribution in [1.29, 1.82) is 0 Å². The largest absolute Gasteiger partial charge is 0.487 e. The van der Waals surface area contributed by atoms with Crippen molar-refractivity contribution in [2.45, 2.75) is 20.0 Å². The Morgan fingerprint density at radius 3 is 2.43 bits per heavy atom. The molecule has 0 aliphatic heterocycles. The highest BCUT2D eigenvalue weighted by Crippen LogP contribution is 2.28. The zero-order valence-electron chi connectivity index (χ0n) is 11.5. The van der Waals surface area contributed by atoms with E-state index >= 15 is 0 Å². The van der Waals surface area contributed by atoms with Crippen LogP contribution in [0.5, 0.6) is 5.75 Å². The molecule has 0 amide bonds. The number of ether oxygens (including phenoxy) is 1. The van der Waals surface area contributed by atoms with Gasteiger partial charge in [0, 0.05) is 27.6 Å². The van der Waals surface area contributed by atoms with Crippen LogP contribution in [0.2, 0.25) is 10.0 Å². The third-order valence-electron chi connectivity index (χ3n) is 3.09. The summed E-state index contributed by atoms with van der Waals surface area (Å²) in [5, 5.41) is 1.08. The first-order chi connectivity index (χ1) is 10.0. The van der Waals surface area contributed by atoms with E-state index < -0.39 is 0 Å². The van der Waals surface area contributed by atoms with Crippen LogP contribution in [0, 0.1) is 0 Å². The van der Waals surface area contributed by atoms with E-state index in [1.54, 1.807) is 36.4 Å². The van der Waals surface area contributed by atoms with E-state index in [2.05, 4.69) is 0 Å². The van der Waals surface area contributed by atoms with Crippen molar-refractivity contribution in [3.05, 3.63) is 57.6 Å². The van der Waals surface area contributed by atoms with E-state index in [4.69, 9.17) is 33.7 Å². The van der Waals surface area contributed by atoms with Crippen molar-refractivity contribution in [1.82, 2.24) is 0 Å². The van der Waals surface area contributed by atoms with Crippen LogP contribution in [0.4, 0.5) is 5.69 Å². The fourth-order valence-electron chi connectivity index (χ4n) is 1.88. The molecule has 2 aromatic rings. The fraction of sp³-hybridized carbons (Fsp3) is 0.188. The highest BCUT2D eigenvalue weighted by molar-refractivity contribution is 6.35. The minimum absolute atomic E-state index is 0.0439. The number of Topliss-reactive ketones (excluding diaryl/α,β-unsaturated/α-hetero) is 1. The van der Waals surface area contributed by atoms with Gasteiger partial charge in [-0.05, 0) is 30.3 Å². The predicted molar refractivity (Wildman–Crippen MR) is 86.3 cm³/mol. The number of carbonyl (C=O) groups is 1. The van der Waals surface area contributed by atoms with Gasteiger partial charge in [-0.1, -0.05) is 36.2 Å². The lowest BCUT2D eigenvalue weighted by Gasteiger charge is -2.12. The molecule has 0 heterocycles. The summed E-state index contributed by atoms with van der Waals surface area (Å²) in [4.78, 5) is 11.6. The minimum atomic E-state index is 0.0439. The van der Waals surface area contributed by atoms with Gasteiger partial charge in [-0.3, -0.25) is 4.79 Å². The first-order valence-corrected chi connectivity index (χ1v) is 7.27. The van der Waals surface area contributed by atoms with E-state index in [0.717, 1.165) is 0 Å². The van der Waals surface area contributed by atoms with E-state index in [0.29, 0.717) is 39.0 Å². The second-order valence-electron chi connectivity index (χ2n) is 4.52. The van der Waals surface area contributed by atoms with Crippen molar-refractivity contribution in [2.75, 3.05) is 5.73 Å². The maximum Gasteiger partial charge on any atom is 0.162 e. The van der Waals surface area contributed by atoms with Crippen LogP contribution < -0.4 is 10.5 Å². The van der Waals surface area contributed by atoms with E-state index in [1.165, 1.54) is 0 Å². The Labute approximate surface area is 133 Å². The molecular formula is C16H15Cl2NO2. The van der Waals surface area contributed by atoms with Crippen molar-refractivity contribution in [3.63, 3.8) is 0 Å². The monoisotopic (exact) mass is 323 g/mol. The molecule has 0 radical (unpaired) electrons. The van der Waals surface area contributed by atoms with E-state index in [9.17, 15) is 4.79 Å². The summed E-state index contributed by atoms with van der Waals surface area (Å²) in [6.45, 7) is 2.02. The number of anilines is 1. The van der Waals surface area contributed by atoms with Gasteiger partial charge in [-0.2, -0.15) is 0 Å². The summed E-state index contributed by atoms with van der Waals surface area (Å²) < 4.78 is 5.65. The Morgan fingerprint density at radius 2 is 1.86 bits per heavy atom. The molecule has 0 unspecified atom stereocenters. The third-order valence-corrected chi connectivity index (χ3v) is 3.79. The quantitative estimate of drug-likeness (QED) is 0.638. The molecule has 2 rings (SSSR count). The van der Waals surface area contributed by atoms with Gasteiger partial charge in [-0.25, -0.2) is 0 Å². The summed E-state index contributed by atoms with van der Waals surface area (Å²) in [6.07, 6.45) is 0.439. The first-order valence-electron chi connectivity index (χ1n) is 6.51.